The summed E-state index contributed by atoms with van der Waals surface area (Å²) in [6.07, 6.45) is 12.6. The predicted octanol–water partition coefficient (Wildman–Crippen LogP) is 10.8. The Morgan fingerprint density at radius 1 is 0.720 bits per heavy atom. The number of carboxylic acids is 1. The van der Waals surface area contributed by atoms with E-state index in [1.54, 1.807) is 70.8 Å². The van der Waals surface area contributed by atoms with Crippen molar-refractivity contribution in [1.29, 1.82) is 0 Å². The number of aromatic nitrogens is 8. The number of nitrogens with zero attached hydrogens (tertiary/aromatic N) is 8. The molecule has 1 aliphatic rings. The third-order valence-electron chi connectivity index (χ3n) is 12.7. The number of hydrogen-bond acceptors (Lipinski definition) is 15. The minimum absolute atomic E-state index is 0. The van der Waals surface area contributed by atoms with Gasteiger partial charge >= 0.3 is 19.1 Å². The monoisotopic (exact) mass is 1080 g/mol. The molecule has 3 N–H and O–H groups in total. The van der Waals surface area contributed by atoms with Crippen molar-refractivity contribution in [2.45, 2.75) is 80.2 Å². The summed E-state index contributed by atoms with van der Waals surface area (Å²) in [6.45, 7) is 14.3. The highest BCUT2D eigenvalue weighted by Gasteiger charge is 2.52. The second-order valence-electron chi connectivity index (χ2n) is 17.9. The van der Waals surface area contributed by atoms with E-state index in [4.69, 9.17) is 22.9 Å². The van der Waals surface area contributed by atoms with Gasteiger partial charge in [0.1, 0.15) is 28.4 Å². The summed E-state index contributed by atoms with van der Waals surface area (Å²) in [5.41, 5.74) is 6.61. The van der Waals surface area contributed by atoms with E-state index in [-0.39, 0.29) is 68.5 Å². The zero-order valence-corrected chi connectivity index (χ0v) is 42.7. The molecule has 0 amide bonds. The third-order valence-corrected chi connectivity index (χ3v) is 13.3. The molecule has 8 aromatic heterocycles. The summed E-state index contributed by atoms with van der Waals surface area (Å²) in [7, 11) is -0.307. The lowest BCUT2D eigenvalue weighted by molar-refractivity contribution is 0.00578. The van der Waals surface area contributed by atoms with Crippen LogP contribution >= 0.6 is 15.9 Å². The van der Waals surface area contributed by atoms with Crippen molar-refractivity contribution in [3.8, 4) is 11.1 Å². The first-order valence-corrected chi connectivity index (χ1v) is 24.0. The van der Waals surface area contributed by atoms with Gasteiger partial charge in [0, 0.05) is 100 Å². The van der Waals surface area contributed by atoms with E-state index in [0.717, 1.165) is 22.4 Å². The molecule has 0 unspecified atom stereocenters. The fourth-order valence-electron chi connectivity index (χ4n) is 8.12. The Bertz CT molecular complexity index is 3710. The summed E-state index contributed by atoms with van der Waals surface area (Å²) < 4.78 is 60.1. The molecule has 11 rings (SSSR count). The van der Waals surface area contributed by atoms with Gasteiger partial charge in [0.15, 0.2) is 17.0 Å². The van der Waals surface area contributed by atoms with E-state index in [2.05, 4.69) is 84.2 Å². The Morgan fingerprint density at radius 3 is 1.81 bits per heavy atom. The molecule has 0 spiro atoms. The molecule has 1 fully saturated rings. The van der Waals surface area contributed by atoms with Crippen LogP contribution < -0.4 is 16.1 Å². The molecule has 0 bridgehead atoms. The van der Waals surface area contributed by atoms with Crippen LogP contribution in [0.1, 0.15) is 85.5 Å². The SMILES string of the molecule is C.CCOC(=O)c1cn2c(NCc3c(F)ccc4occc34)ncc(Br)c2n1.Cc1ncccc1-c1cnc(NCc2c(F)ccc3occc23)n2cc(C(=O)O)nc12.Cc1ncccc1B1OC(C)(C)C(C)(C)O1. The standard InChI is InChI=1S/C22H16FN5O3.C18H14BrFN4O3.C12H18BNO2.CH4/c1-12-13(3-2-7-24-12)16-10-26-22(28-11-18(21(29)30)27-20(16)28)25-9-15-14-6-8-31-19(14)5-4-17(15)23;1-2-26-17(25)14-9-24-16(23-14)12(19)8-22-18(24)21-7-11-10-5-6-27-15(10)4-3-13(11)20;1-9-10(7-6-8-14-9)13-15-11(2,3)12(4,5)16-13;/h2-8,10-11H,9H2,1H3,(H,25,26)(H,29,30);3-6,8-9H,2,7H2,1H3,(H,21,22);6-8H,1-5H3;1H4. The maximum atomic E-state index is 14.4. The van der Waals surface area contributed by atoms with Crippen molar-refractivity contribution in [3.05, 3.63) is 160 Å². The van der Waals surface area contributed by atoms with Crippen LogP contribution in [-0.2, 0) is 27.1 Å². The van der Waals surface area contributed by atoms with E-state index in [1.165, 1.54) is 37.1 Å². The van der Waals surface area contributed by atoms with Gasteiger partial charge in [-0.2, -0.15) is 0 Å². The number of imidazole rings is 2. The highest BCUT2D eigenvalue weighted by atomic mass is 79.9. The Hall–Kier alpha value is -8.08. The lowest BCUT2D eigenvalue weighted by atomic mass is 9.78. The lowest BCUT2D eigenvalue weighted by Gasteiger charge is -2.32. The van der Waals surface area contributed by atoms with Crippen LogP contribution in [0.3, 0.4) is 0 Å². The molecule has 1 saturated heterocycles. The van der Waals surface area contributed by atoms with Gasteiger partial charge in [-0.3, -0.25) is 18.8 Å². The summed E-state index contributed by atoms with van der Waals surface area (Å²) >= 11 is 3.37. The minimum Gasteiger partial charge on any atom is -0.476 e. The molecule has 0 aliphatic carbocycles. The number of pyridine rings is 2. The van der Waals surface area contributed by atoms with Crippen molar-refractivity contribution in [3.63, 3.8) is 0 Å². The van der Waals surface area contributed by atoms with Crippen LogP contribution in [0, 0.1) is 25.5 Å². The zero-order chi connectivity index (χ0) is 52.5. The molecule has 75 heavy (non-hydrogen) atoms. The Kier molecular flexibility index (Phi) is 15.5. The van der Waals surface area contributed by atoms with E-state index < -0.39 is 11.9 Å². The maximum absolute atomic E-state index is 14.4. The normalized spacial score (nSPS) is 13.5. The van der Waals surface area contributed by atoms with E-state index in [9.17, 15) is 23.5 Å². The number of aromatic carboxylic acids is 1. The topological polar surface area (TPSA) is 219 Å². The Balaban J connectivity index is 0.000000156. The summed E-state index contributed by atoms with van der Waals surface area (Å²) in [6, 6.07) is 16.9. The first kappa shape index (κ1) is 53.2. The van der Waals surface area contributed by atoms with E-state index in [1.807, 2.05) is 32.0 Å². The number of esters is 1. The third kappa shape index (κ3) is 10.8. The quantitative estimate of drug-likeness (QED) is 0.0810. The smallest absolute Gasteiger partial charge is 0.476 e. The van der Waals surface area contributed by atoms with Crippen LogP contribution in [-0.4, -0.2) is 80.7 Å². The molecule has 18 nitrogen and oxygen atoms in total. The Labute approximate surface area is 437 Å². The number of nitrogens with one attached hydrogen (secondary N) is 2. The van der Waals surface area contributed by atoms with Crippen molar-refractivity contribution in [2.75, 3.05) is 17.2 Å². The second kappa shape index (κ2) is 21.8. The minimum atomic E-state index is -1.15. The van der Waals surface area contributed by atoms with Gasteiger partial charge in [-0.25, -0.2) is 38.3 Å². The number of anilines is 2. The van der Waals surface area contributed by atoms with Gasteiger partial charge in [-0.15, -0.1) is 0 Å². The molecule has 9 heterocycles. The highest BCUT2D eigenvalue weighted by molar-refractivity contribution is 9.10. The Morgan fingerprint density at radius 2 is 1.25 bits per heavy atom. The molecular weight excluding hydrogens is 1030 g/mol. The highest BCUT2D eigenvalue weighted by Crippen LogP contribution is 2.37. The van der Waals surface area contributed by atoms with E-state index >= 15 is 0 Å². The summed E-state index contributed by atoms with van der Waals surface area (Å²) in [5, 5.41) is 17.0. The number of rotatable bonds is 11. The number of hydrogen-bond donors (Lipinski definition) is 3. The van der Waals surface area contributed by atoms with Gasteiger partial charge in [0.25, 0.3) is 0 Å². The van der Waals surface area contributed by atoms with E-state index in [0.29, 0.717) is 66.3 Å². The van der Waals surface area contributed by atoms with Crippen LogP contribution in [0.15, 0.2) is 124 Å². The maximum Gasteiger partial charge on any atom is 0.496 e. The zero-order valence-electron chi connectivity index (χ0n) is 41.1. The van der Waals surface area contributed by atoms with Gasteiger partial charge in [0.2, 0.25) is 11.9 Å². The molecule has 10 aromatic rings. The van der Waals surface area contributed by atoms with Crippen LogP contribution in [0.5, 0.6) is 0 Å². The first-order valence-electron chi connectivity index (χ1n) is 23.2. The van der Waals surface area contributed by atoms with Gasteiger partial charge in [-0.1, -0.05) is 19.6 Å². The number of fused-ring (bicyclic) bond motifs is 4. The molecule has 386 valence electrons. The fourth-order valence-corrected chi connectivity index (χ4v) is 8.50. The molecule has 0 saturated carbocycles. The molecule has 2 aromatic carbocycles. The number of benzene rings is 2. The molecular formula is C53H52BBrF2N10O8. The van der Waals surface area contributed by atoms with Crippen molar-refractivity contribution < 1.29 is 46.4 Å². The molecule has 22 heteroatoms. The van der Waals surface area contributed by atoms with Crippen molar-refractivity contribution in [1.82, 2.24) is 38.7 Å². The lowest BCUT2D eigenvalue weighted by Crippen LogP contribution is -2.41. The molecule has 0 atom stereocenters. The number of ether oxygens (including phenoxy) is 1. The average molecular weight is 1090 g/mol. The second-order valence-corrected chi connectivity index (χ2v) is 18.8. The number of carbonyl (C=O) groups excluding carboxylic acids is 1. The van der Waals surface area contributed by atoms with Crippen molar-refractivity contribution >= 4 is 85.6 Å². The van der Waals surface area contributed by atoms with Gasteiger partial charge < -0.3 is 38.6 Å². The van der Waals surface area contributed by atoms with Crippen LogP contribution in [0.25, 0.3) is 44.4 Å². The fraction of sp³-hybridized carbons (Fsp3) is 0.245. The molecule has 0 radical (unpaired) electrons. The summed E-state index contributed by atoms with van der Waals surface area (Å²) in [5.74, 6) is -1.65. The summed E-state index contributed by atoms with van der Waals surface area (Å²) in [4.78, 5) is 49.4. The first-order chi connectivity index (χ1) is 35.4. The number of furan rings is 2. The van der Waals surface area contributed by atoms with Gasteiger partial charge in [-0.05, 0) is 113 Å². The van der Waals surface area contributed by atoms with Crippen LogP contribution in [0.2, 0.25) is 0 Å². The largest absolute Gasteiger partial charge is 0.496 e. The number of carboxylic acid groups (broad SMARTS) is 1. The molecule has 1 aliphatic heterocycles. The predicted molar refractivity (Wildman–Crippen MR) is 283 cm³/mol. The van der Waals surface area contributed by atoms with Crippen LogP contribution in [0.4, 0.5) is 20.7 Å². The number of halogens is 3. The number of carbonyl (C=O) groups is 2. The van der Waals surface area contributed by atoms with Crippen molar-refractivity contribution in [2.24, 2.45) is 0 Å². The van der Waals surface area contributed by atoms with Gasteiger partial charge in [0.05, 0.1) is 34.8 Å². The number of aryl methyl sites for hydroxylation is 2. The average Bonchev–Trinajstić information content (AvgIpc) is 4.23.